The molecule has 4 rings (SSSR count). The Morgan fingerprint density at radius 1 is 1.19 bits per heavy atom. The lowest BCUT2D eigenvalue weighted by molar-refractivity contribution is 0.698. The van der Waals surface area contributed by atoms with E-state index in [9.17, 15) is 0 Å². The number of hydrogen-bond acceptors (Lipinski definition) is 6. The smallest absolute Gasteiger partial charge is 0.206 e. The number of nitrogens with one attached hydrogen (secondary N) is 2. The van der Waals surface area contributed by atoms with Crippen LogP contribution in [0.25, 0.3) is 21.5 Å². The van der Waals surface area contributed by atoms with Crippen molar-refractivity contribution in [2.24, 2.45) is 5.73 Å². The summed E-state index contributed by atoms with van der Waals surface area (Å²) in [6, 6.07) is 14.3. The molecule has 6 nitrogen and oxygen atoms in total. The summed E-state index contributed by atoms with van der Waals surface area (Å²) in [7, 11) is 0. The van der Waals surface area contributed by atoms with E-state index in [4.69, 9.17) is 5.73 Å². The molecule has 4 N–H and O–H groups in total. The first-order chi connectivity index (χ1) is 13.1. The van der Waals surface area contributed by atoms with Crippen LogP contribution in [-0.4, -0.2) is 33.0 Å². The third kappa shape index (κ3) is 4.18. The molecular formula is C19H19BrN6S. The summed E-state index contributed by atoms with van der Waals surface area (Å²) in [4.78, 5) is 0. The summed E-state index contributed by atoms with van der Waals surface area (Å²) >= 11 is 4.97. The third-order valence-corrected chi connectivity index (χ3v) is 5.80. The first-order valence-corrected chi connectivity index (χ1v) is 10.2. The van der Waals surface area contributed by atoms with Gasteiger partial charge in [0.05, 0.1) is 5.52 Å². The Kier molecular flexibility index (Phi) is 5.20. The van der Waals surface area contributed by atoms with Crippen molar-refractivity contribution in [3.8, 4) is 10.6 Å². The van der Waals surface area contributed by atoms with E-state index in [0.717, 1.165) is 43.2 Å². The van der Waals surface area contributed by atoms with Crippen molar-refractivity contribution in [1.29, 1.82) is 0 Å². The lowest BCUT2D eigenvalue weighted by Gasteiger charge is -2.12. The monoisotopic (exact) mass is 442 g/mol. The average molecular weight is 443 g/mol. The van der Waals surface area contributed by atoms with Crippen molar-refractivity contribution in [2.75, 3.05) is 11.9 Å². The summed E-state index contributed by atoms with van der Waals surface area (Å²) in [6.07, 6.45) is 0.808. The standard InChI is InChI=1S/C19H19BrN6S/c1-11-16-9-13(4-7-17(16)24-23-11)18-25-26-19(27-18)22-10-15(21)8-12-2-5-14(20)6-3-12/h2-7,9,15H,8,10,21H2,1H3,(H,22,26)(H,23,24)/t15-/m0/s1. The van der Waals surface area contributed by atoms with Crippen molar-refractivity contribution >= 4 is 43.3 Å². The van der Waals surface area contributed by atoms with E-state index in [1.165, 1.54) is 16.9 Å². The van der Waals surface area contributed by atoms with Crippen LogP contribution >= 0.6 is 27.3 Å². The average Bonchev–Trinajstić information content (AvgIpc) is 3.29. The molecule has 0 spiro atoms. The largest absolute Gasteiger partial charge is 0.359 e. The predicted octanol–water partition coefficient (Wildman–Crippen LogP) is 4.13. The Bertz CT molecular complexity index is 1060. The molecule has 0 amide bonds. The highest BCUT2D eigenvalue weighted by molar-refractivity contribution is 9.10. The Morgan fingerprint density at radius 3 is 2.81 bits per heavy atom. The number of rotatable bonds is 6. The maximum Gasteiger partial charge on any atom is 0.206 e. The van der Waals surface area contributed by atoms with Gasteiger partial charge in [-0.2, -0.15) is 5.10 Å². The van der Waals surface area contributed by atoms with Crippen molar-refractivity contribution in [3.63, 3.8) is 0 Å². The van der Waals surface area contributed by atoms with E-state index >= 15 is 0 Å². The molecule has 0 unspecified atom stereocenters. The normalized spacial score (nSPS) is 12.4. The van der Waals surface area contributed by atoms with Crippen LogP contribution in [0.1, 0.15) is 11.3 Å². The zero-order valence-corrected chi connectivity index (χ0v) is 17.1. The molecule has 0 saturated carbocycles. The van der Waals surface area contributed by atoms with Gasteiger partial charge < -0.3 is 11.1 Å². The minimum absolute atomic E-state index is 0.00320. The Morgan fingerprint density at radius 2 is 2.00 bits per heavy atom. The summed E-state index contributed by atoms with van der Waals surface area (Å²) in [6.45, 7) is 2.66. The van der Waals surface area contributed by atoms with E-state index in [-0.39, 0.29) is 6.04 Å². The van der Waals surface area contributed by atoms with Crippen molar-refractivity contribution in [1.82, 2.24) is 20.4 Å². The SMILES string of the molecule is Cc1[nH]nc2ccc(-c3nnc(NC[C@@H](N)Cc4ccc(Br)cc4)s3)cc12. The van der Waals surface area contributed by atoms with Gasteiger partial charge in [-0.15, -0.1) is 10.2 Å². The van der Waals surface area contributed by atoms with Crippen LogP contribution in [0.3, 0.4) is 0 Å². The molecular weight excluding hydrogens is 424 g/mol. The van der Waals surface area contributed by atoms with Crippen LogP contribution in [0.5, 0.6) is 0 Å². The topological polar surface area (TPSA) is 92.5 Å². The quantitative estimate of drug-likeness (QED) is 0.417. The molecule has 4 aromatic rings. The van der Waals surface area contributed by atoms with E-state index in [2.05, 4.69) is 59.8 Å². The maximum absolute atomic E-state index is 6.25. The Labute approximate surface area is 169 Å². The van der Waals surface area contributed by atoms with Gasteiger partial charge in [-0.05, 0) is 49.2 Å². The molecule has 0 aliphatic carbocycles. The van der Waals surface area contributed by atoms with Gasteiger partial charge in [0, 0.05) is 33.7 Å². The van der Waals surface area contributed by atoms with E-state index in [0.29, 0.717) is 6.54 Å². The van der Waals surface area contributed by atoms with Gasteiger partial charge in [0.2, 0.25) is 5.13 Å². The number of H-pyrrole nitrogens is 1. The summed E-state index contributed by atoms with van der Waals surface area (Å²) in [5, 5.41) is 21.9. The second-order valence-corrected chi connectivity index (χ2v) is 8.36. The number of hydrogen-bond donors (Lipinski definition) is 3. The fraction of sp³-hybridized carbons (Fsp3) is 0.211. The highest BCUT2D eigenvalue weighted by Gasteiger charge is 2.11. The van der Waals surface area contributed by atoms with Gasteiger partial charge in [-0.25, -0.2) is 0 Å². The number of nitrogens with zero attached hydrogens (tertiary/aromatic N) is 3. The van der Waals surface area contributed by atoms with Crippen LogP contribution in [0.15, 0.2) is 46.9 Å². The molecule has 2 aromatic heterocycles. The second-order valence-electron chi connectivity index (χ2n) is 6.46. The molecule has 138 valence electrons. The summed E-state index contributed by atoms with van der Waals surface area (Å²) < 4.78 is 1.07. The van der Waals surface area contributed by atoms with Crippen molar-refractivity contribution in [2.45, 2.75) is 19.4 Å². The number of aromatic nitrogens is 4. The second kappa shape index (κ2) is 7.75. The summed E-state index contributed by atoms with van der Waals surface area (Å²) in [5.41, 5.74) is 10.5. The van der Waals surface area contributed by atoms with Crippen LogP contribution in [0.4, 0.5) is 5.13 Å². The van der Waals surface area contributed by atoms with E-state index in [1.807, 2.05) is 31.2 Å². The number of fused-ring (bicyclic) bond motifs is 1. The van der Waals surface area contributed by atoms with Gasteiger partial charge in [0.1, 0.15) is 5.01 Å². The summed E-state index contributed by atoms with van der Waals surface area (Å²) in [5.74, 6) is 0. The van der Waals surface area contributed by atoms with Crippen LogP contribution in [-0.2, 0) is 6.42 Å². The maximum atomic E-state index is 6.25. The highest BCUT2D eigenvalue weighted by Crippen LogP contribution is 2.29. The number of aromatic amines is 1. The fourth-order valence-electron chi connectivity index (χ4n) is 2.90. The molecule has 0 aliphatic rings. The third-order valence-electron chi connectivity index (χ3n) is 4.34. The van der Waals surface area contributed by atoms with Gasteiger partial charge in [-0.3, -0.25) is 5.10 Å². The lowest BCUT2D eigenvalue weighted by Crippen LogP contribution is -2.31. The zero-order valence-electron chi connectivity index (χ0n) is 14.7. The van der Waals surface area contributed by atoms with Gasteiger partial charge in [0.25, 0.3) is 0 Å². The zero-order chi connectivity index (χ0) is 18.8. The Balaban J connectivity index is 1.40. The Hall–Kier alpha value is -2.29. The highest BCUT2D eigenvalue weighted by atomic mass is 79.9. The fourth-order valence-corrected chi connectivity index (χ4v) is 3.91. The molecule has 0 aliphatic heterocycles. The molecule has 0 radical (unpaired) electrons. The number of benzene rings is 2. The van der Waals surface area contributed by atoms with Gasteiger partial charge in [0.15, 0.2) is 0 Å². The van der Waals surface area contributed by atoms with Gasteiger partial charge >= 0.3 is 0 Å². The van der Waals surface area contributed by atoms with E-state index < -0.39 is 0 Å². The minimum Gasteiger partial charge on any atom is -0.359 e. The van der Waals surface area contributed by atoms with E-state index in [1.54, 1.807) is 0 Å². The first-order valence-electron chi connectivity index (χ1n) is 8.61. The molecule has 27 heavy (non-hydrogen) atoms. The number of halogens is 1. The first kappa shape index (κ1) is 18.1. The predicted molar refractivity (Wildman–Crippen MR) is 114 cm³/mol. The molecule has 0 fully saturated rings. The molecule has 0 bridgehead atoms. The molecule has 0 saturated heterocycles. The van der Waals surface area contributed by atoms with Crippen LogP contribution in [0, 0.1) is 6.92 Å². The van der Waals surface area contributed by atoms with Gasteiger partial charge in [-0.1, -0.05) is 39.4 Å². The van der Waals surface area contributed by atoms with Crippen LogP contribution < -0.4 is 11.1 Å². The molecule has 2 heterocycles. The minimum atomic E-state index is 0.00320. The number of aryl methyl sites for hydroxylation is 1. The molecule has 2 aromatic carbocycles. The van der Waals surface area contributed by atoms with Crippen LogP contribution in [0.2, 0.25) is 0 Å². The molecule has 8 heteroatoms. The lowest BCUT2D eigenvalue weighted by atomic mass is 10.1. The van der Waals surface area contributed by atoms with Crippen molar-refractivity contribution in [3.05, 3.63) is 58.2 Å². The number of nitrogens with two attached hydrogens (primary N) is 1. The van der Waals surface area contributed by atoms with Crippen molar-refractivity contribution < 1.29 is 0 Å². The molecule has 1 atom stereocenters. The number of anilines is 1.